The number of thiazole rings is 1. The Morgan fingerprint density at radius 2 is 2.36 bits per heavy atom. The molecule has 0 N–H and O–H groups in total. The van der Waals surface area contributed by atoms with E-state index in [0.717, 1.165) is 42.6 Å². The lowest BCUT2D eigenvalue weighted by Gasteiger charge is -2.25. The lowest BCUT2D eigenvalue weighted by Crippen LogP contribution is -2.36. The zero-order valence-electron chi connectivity index (χ0n) is 7.81. The van der Waals surface area contributed by atoms with Crippen molar-refractivity contribution >= 4 is 22.8 Å². The largest absolute Gasteiger partial charge is 0.378 e. The molecule has 0 aromatic carbocycles. The van der Waals surface area contributed by atoms with Gasteiger partial charge in [-0.2, -0.15) is 0 Å². The van der Waals surface area contributed by atoms with Crippen LogP contribution in [0.3, 0.4) is 0 Å². The maximum absolute atomic E-state index is 10.3. The number of aromatic nitrogens is 1. The molecule has 0 saturated carbocycles. The zero-order chi connectivity index (χ0) is 9.80. The maximum atomic E-state index is 10.3. The second-order valence-electron chi connectivity index (χ2n) is 3.08. The van der Waals surface area contributed by atoms with E-state index in [2.05, 4.69) is 9.88 Å². The number of anilines is 1. The van der Waals surface area contributed by atoms with E-state index < -0.39 is 0 Å². The van der Waals surface area contributed by atoms with Crippen molar-refractivity contribution in [1.29, 1.82) is 0 Å². The van der Waals surface area contributed by atoms with Crippen LogP contribution < -0.4 is 4.90 Å². The Morgan fingerprint density at radius 1 is 1.57 bits per heavy atom. The van der Waals surface area contributed by atoms with Crippen LogP contribution in [0.5, 0.6) is 0 Å². The normalized spacial score (nSPS) is 17.0. The minimum atomic E-state index is 0.474. The van der Waals surface area contributed by atoms with Gasteiger partial charge in [0, 0.05) is 30.6 Å². The van der Waals surface area contributed by atoms with Gasteiger partial charge in [-0.3, -0.25) is 0 Å². The van der Waals surface area contributed by atoms with E-state index in [1.807, 2.05) is 0 Å². The third-order valence-electron chi connectivity index (χ3n) is 2.11. The van der Waals surface area contributed by atoms with E-state index in [1.165, 1.54) is 0 Å². The predicted molar refractivity (Wildman–Crippen MR) is 54.9 cm³/mol. The minimum absolute atomic E-state index is 0.474. The van der Waals surface area contributed by atoms with Crippen molar-refractivity contribution < 1.29 is 9.53 Å². The van der Waals surface area contributed by atoms with Crippen LogP contribution >= 0.6 is 11.3 Å². The predicted octanol–water partition coefficient (Wildman–Crippen LogP) is 0.721. The molecule has 14 heavy (non-hydrogen) atoms. The highest BCUT2D eigenvalue weighted by atomic mass is 32.1. The van der Waals surface area contributed by atoms with Crippen molar-refractivity contribution in [2.75, 3.05) is 31.2 Å². The standard InChI is InChI=1S/C9H12N2O2S/c12-4-1-8-7-10-9(14-8)11-2-5-13-6-3-11/h4,7H,1-3,5-6H2. The summed E-state index contributed by atoms with van der Waals surface area (Å²) in [6, 6.07) is 0. The van der Waals surface area contributed by atoms with Crippen LogP contribution in [-0.2, 0) is 16.0 Å². The average molecular weight is 212 g/mol. The van der Waals surface area contributed by atoms with Gasteiger partial charge in [0.15, 0.2) is 5.13 Å². The van der Waals surface area contributed by atoms with Crippen molar-refractivity contribution in [3.63, 3.8) is 0 Å². The van der Waals surface area contributed by atoms with E-state index in [9.17, 15) is 4.79 Å². The second kappa shape index (κ2) is 4.52. The average Bonchev–Trinajstić information content (AvgIpc) is 2.68. The molecule has 1 aromatic heterocycles. The fourth-order valence-corrected chi connectivity index (χ4v) is 2.28. The van der Waals surface area contributed by atoms with Crippen molar-refractivity contribution in [2.24, 2.45) is 0 Å². The van der Waals surface area contributed by atoms with Gasteiger partial charge in [-0.05, 0) is 0 Å². The van der Waals surface area contributed by atoms with Crippen LogP contribution in [0.4, 0.5) is 5.13 Å². The molecule has 4 nitrogen and oxygen atoms in total. The minimum Gasteiger partial charge on any atom is -0.378 e. The maximum Gasteiger partial charge on any atom is 0.185 e. The van der Waals surface area contributed by atoms with Crippen molar-refractivity contribution in [1.82, 2.24) is 4.98 Å². The number of morpholine rings is 1. The Bertz CT molecular complexity index is 308. The Hall–Kier alpha value is -0.940. The Labute approximate surface area is 86.5 Å². The highest BCUT2D eigenvalue weighted by Crippen LogP contribution is 2.22. The van der Waals surface area contributed by atoms with Crippen LogP contribution in [0.2, 0.25) is 0 Å². The van der Waals surface area contributed by atoms with Crippen LogP contribution in [0.25, 0.3) is 0 Å². The van der Waals surface area contributed by atoms with Gasteiger partial charge in [-0.15, -0.1) is 11.3 Å². The molecule has 76 valence electrons. The molecule has 5 heteroatoms. The SMILES string of the molecule is O=CCc1cnc(N2CCOCC2)s1. The highest BCUT2D eigenvalue weighted by Gasteiger charge is 2.14. The monoisotopic (exact) mass is 212 g/mol. The third-order valence-corrected chi connectivity index (χ3v) is 3.19. The Kier molecular flexibility index (Phi) is 3.10. The van der Waals surface area contributed by atoms with E-state index >= 15 is 0 Å². The number of hydrogen-bond donors (Lipinski definition) is 0. The molecule has 0 amide bonds. The van der Waals surface area contributed by atoms with Gasteiger partial charge >= 0.3 is 0 Å². The molecule has 1 saturated heterocycles. The summed E-state index contributed by atoms with van der Waals surface area (Å²) in [4.78, 5) is 17.8. The molecular weight excluding hydrogens is 200 g/mol. The first kappa shape index (κ1) is 9.61. The molecule has 0 aliphatic carbocycles. The van der Waals surface area contributed by atoms with Gasteiger partial charge in [0.1, 0.15) is 6.29 Å². The number of nitrogens with zero attached hydrogens (tertiary/aromatic N) is 2. The van der Waals surface area contributed by atoms with Gasteiger partial charge in [0.05, 0.1) is 13.2 Å². The van der Waals surface area contributed by atoms with E-state index in [4.69, 9.17) is 4.74 Å². The summed E-state index contributed by atoms with van der Waals surface area (Å²) >= 11 is 1.59. The molecule has 0 atom stereocenters. The summed E-state index contributed by atoms with van der Waals surface area (Å²) < 4.78 is 5.25. The molecule has 1 fully saturated rings. The van der Waals surface area contributed by atoms with Crippen LogP contribution in [0, 0.1) is 0 Å². The molecule has 2 heterocycles. The van der Waals surface area contributed by atoms with Gasteiger partial charge < -0.3 is 14.4 Å². The van der Waals surface area contributed by atoms with Crippen LogP contribution in [0.15, 0.2) is 6.20 Å². The number of hydrogen-bond acceptors (Lipinski definition) is 5. The first-order valence-electron chi connectivity index (χ1n) is 4.61. The Morgan fingerprint density at radius 3 is 3.07 bits per heavy atom. The molecular formula is C9H12N2O2S. The second-order valence-corrected chi connectivity index (χ2v) is 4.17. The van der Waals surface area contributed by atoms with Gasteiger partial charge in [-0.25, -0.2) is 4.98 Å². The molecule has 0 bridgehead atoms. The number of carbonyl (C=O) groups is 1. The van der Waals surface area contributed by atoms with E-state index in [0.29, 0.717) is 6.42 Å². The van der Waals surface area contributed by atoms with Crippen molar-refractivity contribution in [3.8, 4) is 0 Å². The quantitative estimate of drug-likeness (QED) is 0.692. The first-order valence-corrected chi connectivity index (χ1v) is 5.43. The summed E-state index contributed by atoms with van der Waals surface area (Å²) in [5.41, 5.74) is 0. The molecule has 0 radical (unpaired) electrons. The lowest BCUT2D eigenvalue weighted by atomic mass is 10.4. The molecule has 1 aromatic rings. The van der Waals surface area contributed by atoms with Gasteiger partial charge in [0.25, 0.3) is 0 Å². The van der Waals surface area contributed by atoms with E-state index in [-0.39, 0.29) is 0 Å². The number of carbonyl (C=O) groups excluding carboxylic acids is 1. The number of rotatable bonds is 3. The summed E-state index contributed by atoms with van der Waals surface area (Å²) in [5.74, 6) is 0. The zero-order valence-corrected chi connectivity index (χ0v) is 8.63. The molecule has 0 spiro atoms. The summed E-state index contributed by atoms with van der Waals surface area (Å²) in [6.07, 6.45) is 3.17. The molecule has 0 unspecified atom stereocenters. The topological polar surface area (TPSA) is 42.4 Å². The Balaban J connectivity index is 2.03. The van der Waals surface area contributed by atoms with Crippen molar-refractivity contribution in [2.45, 2.75) is 6.42 Å². The number of aldehydes is 1. The molecule has 1 aliphatic rings. The van der Waals surface area contributed by atoms with Gasteiger partial charge in [-0.1, -0.05) is 0 Å². The smallest absolute Gasteiger partial charge is 0.185 e. The third kappa shape index (κ3) is 2.10. The summed E-state index contributed by atoms with van der Waals surface area (Å²) in [6.45, 7) is 3.33. The summed E-state index contributed by atoms with van der Waals surface area (Å²) in [7, 11) is 0. The summed E-state index contributed by atoms with van der Waals surface area (Å²) in [5, 5.41) is 1.00. The highest BCUT2D eigenvalue weighted by molar-refractivity contribution is 7.15. The fraction of sp³-hybridized carbons (Fsp3) is 0.556. The number of ether oxygens (including phenoxy) is 1. The van der Waals surface area contributed by atoms with Crippen LogP contribution in [-0.4, -0.2) is 37.6 Å². The lowest BCUT2D eigenvalue weighted by molar-refractivity contribution is -0.107. The fourth-order valence-electron chi connectivity index (χ4n) is 1.37. The molecule has 1 aliphatic heterocycles. The van der Waals surface area contributed by atoms with Crippen molar-refractivity contribution in [3.05, 3.63) is 11.1 Å². The van der Waals surface area contributed by atoms with Crippen LogP contribution in [0.1, 0.15) is 4.88 Å². The molecule has 2 rings (SSSR count). The van der Waals surface area contributed by atoms with Gasteiger partial charge in [0.2, 0.25) is 0 Å². The van der Waals surface area contributed by atoms with E-state index in [1.54, 1.807) is 17.5 Å². The first-order chi connectivity index (χ1) is 6.90.